The second-order valence-corrected chi connectivity index (χ2v) is 5.63. The van der Waals surface area contributed by atoms with Crippen molar-refractivity contribution in [3.8, 4) is 11.5 Å². The molecule has 0 aliphatic rings. The predicted octanol–water partition coefficient (Wildman–Crippen LogP) is 3.49. The number of hydrogen-bond donors (Lipinski definition) is 1. The van der Waals surface area contributed by atoms with Crippen LogP contribution < -0.4 is 14.9 Å². The van der Waals surface area contributed by atoms with Crippen LogP contribution in [0.2, 0.25) is 5.02 Å². The highest BCUT2D eigenvalue weighted by Gasteiger charge is 2.07. The number of carbonyl (C=O) groups excluding carboxylic acids is 1. The first-order chi connectivity index (χ1) is 11.5. The molecule has 0 radical (unpaired) electrons. The number of nitrogens with zero attached hydrogens (tertiary/aromatic N) is 1. The first kappa shape index (κ1) is 17.8. The van der Waals surface area contributed by atoms with Crippen LogP contribution in [0.1, 0.15) is 16.7 Å². The van der Waals surface area contributed by atoms with Crippen LogP contribution in [0.4, 0.5) is 0 Å². The van der Waals surface area contributed by atoms with E-state index in [1.165, 1.54) is 6.21 Å². The van der Waals surface area contributed by atoms with Crippen LogP contribution in [0.25, 0.3) is 0 Å². The van der Waals surface area contributed by atoms with E-state index in [9.17, 15) is 4.79 Å². The Morgan fingerprint density at radius 3 is 2.62 bits per heavy atom. The summed E-state index contributed by atoms with van der Waals surface area (Å²) in [5.41, 5.74) is 5.05. The van der Waals surface area contributed by atoms with E-state index in [4.69, 9.17) is 21.1 Å². The van der Waals surface area contributed by atoms with Crippen molar-refractivity contribution in [1.82, 2.24) is 5.43 Å². The van der Waals surface area contributed by atoms with E-state index in [-0.39, 0.29) is 12.5 Å². The van der Waals surface area contributed by atoms with Crippen molar-refractivity contribution in [2.45, 2.75) is 13.8 Å². The number of carbonyl (C=O) groups is 1. The van der Waals surface area contributed by atoms with Gasteiger partial charge in [0.05, 0.1) is 13.3 Å². The Labute approximate surface area is 146 Å². The first-order valence-corrected chi connectivity index (χ1v) is 7.73. The lowest BCUT2D eigenvalue weighted by molar-refractivity contribution is -0.123. The van der Waals surface area contributed by atoms with Gasteiger partial charge in [-0.25, -0.2) is 5.43 Å². The highest BCUT2D eigenvalue weighted by Crippen LogP contribution is 2.22. The van der Waals surface area contributed by atoms with Crippen LogP contribution in [0.5, 0.6) is 11.5 Å². The van der Waals surface area contributed by atoms with Crippen molar-refractivity contribution in [2.24, 2.45) is 5.10 Å². The smallest absolute Gasteiger partial charge is 0.277 e. The Balaban J connectivity index is 1.93. The number of hydrazone groups is 1. The Morgan fingerprint density at radius 2 is 1.96 bits per heavy atom. The number of methoxy groups -OCH3 is 1. The van der Waals surface area contributed by atoms with Crippen molar-refractivity contribution >= 4 is 23.7 Å². The molecule has 2 aromatic carbocycles. The zero-order valence-corrected chi connectivity index (χ0v) is 14.6. The van der Waals surface area contributed by atoms with Crippen LogP contribution in [-0.4, -0.2) is 25.8 Å². The fraction of sp³-hybridized carbons (Fsp3) is 0.222. The molecule has 126 valence electrons. The zero-order valence-electron chi connectivity index (χ0n) is 13.8. The summed E-state index contributed by atoms with van der Waals surface area (Å²) in [5, 5.41) is 4.46. The van der Waals surface area contributed by atoms with Gasteiger partial charge in [0.15, 0.2) is 6.61 Å². The molecule has 0 unspecified atom stereocenters. The van der Waals surface area contributed by atoms with Crippen LogP contribution in [0, 0.1) is 13.8 Å². The summed E-state index contributed by atoms with van der Waals surface area (Å²) in [6.07, 6.45) is 1.47. The monoisotopic (exact) mass is 346 g/mol. The van der Waals surface area contributed by atoms with E-state index < -0.39 is 0 Å². The number of hydrogen-bond acceptors (Lipinski definition) is 4. The van der Waals surface area contributed by atoms with Crippen LogP contribution >= 0.6 is 11.6 Å². The van der Waals surface area contributed by atoms with Crippen LogP contribution in [0.15, 0.2) is 41.5 Å². The topological polar surface area (TPSA) is 59.9 Å². The molecule has 0 spiro atoms. The SMILES string of the molecule is COc1ccc(Cl)cc1C=NNC(=O)COc1c(C)cccc1C. The van der Waals surface area contributed by atoms with Crippen molar-refractivity contribution < 1.29 is 14.3 Å². The van der Waals surface area contributed by atoms with Gasteiger partial charge in [0.25, 0.3) is 5.91 Å². The summed E-state index contributed by atoms with van der Waals surface area (Å²) < 4.78 is 10.8. The van der Waals surface area contributed by atoms with Crippen molar-refractivity contribution in [1.29, 1.82) is 0 Å². The third-order valence-electron chi connectivity index (χ3n) is 3.34. The van der Waals surface area contributed by atoms with E-state index >= 15 is 0 Å². The molecule has 0 heterocycles. The fourth-order valence-corrected chi connectivity index (χ4v) is 2.36. The van der Waals surface area contributed by atoms with Crippen molar-refractivity contribution in [2.75, 3.05) is 13.7 Å². The molecule has 0 atom stereocenters. The molecule has 0 saturated heterocycles. The van der Waals surface area contributed by atoms with Gasteiger partial charge in [-0.3, -0.25) is 4.79 Å². The summed E-state index contributed by atoms with van der Waals surface area (Å²) in [6.45, 7) is 3.75. The molecule has 0 bridgehead atoms. The number of amides is 1. The summed E-state index contributed by atoms with van der Waals surface area (Å²) in [6, 6.07) is 11.0. The third-order valence-corrected chi connectivity index (χ3v) is 3.58. The van der Waals surface area contributed by atoms with Crippen LogP contribution in [-0.2, 0) is 4.79 Å². The van der Waals surface area contributed by atoms with Gasteiger partial charge in [-0.1, -0.05) is 29.8 Å². The number of rotatable bonds is 6. The molecule has 0 saturated carbocycles. The molecular weight excluding hydrogens is 328 g/mol. The van der Waals surface area contributed by atoms with E-state index in [0.29, 0.717) is 22.1 Å². The molecule has 6 heteroatoms. The standard InChI is InChI=1S/C18H19ClN2O3/c1-12-5-4-6-13(2)18(12)24-11-17(22)21-20-10-14-9-15(19)7-8-16(14)23-3/h4-10H,11H2,1-3H3,(H,21,22). The van der Waals surface area contributed by atoms with E-state index in [2.05, 4.69) is 10.5 Å². The highest BCUT2D eigenvalue weighted by atomic mass is 35.5. The predicted molar refractivity (Wildman–Crippen MR) is 95.2 cm³/mol. The number of benzene rings is 2. The summed E-state index contributed by atoms with van der Waals surface area (Å²) in [4.78, 5) is 11.8. The lowest BCUT2D eigenvalue weighted by Crippen LogP contribution is -2.25. The minimum absolute atomic E-state index is 0.115. The highest BCUT2D eigenvalue weighted by molar-refractivity contribution is 6.30. The molecule has 2 rings (SSSR count). The van der Waals surface area contributed by atoms with E-state index in [1.807, 2.05) is 32.0 Å². The number of para-hydroxylation sites is 1. The molecule has 1 N–H and O–H groups in total. The van der Waals surface area contributed by atoms with Gasteiger partial charge in [0.1, 0.15) is 11.5 Å². The quantitative estimate of drug-likeness (QED) is 0.643. The van der Waals surface area contributed by atoms with Gasteiger partial charge in [-0.15, -0.1) is 0 Å². The maximum atomic E-state index is 11.8. The molecule has 5 nitrogen and oxygen atoms in total. The van der Waals surface area contributed by atoms with Gasteiger partial charge in [-0.05, 0) is 43.2 Å². The lowest BCUT2D eigenvalue weighted by atomic mass is 10.1. The molecule has 24 heavy (non-hydrogen) atoms. The van der Waals surface area contributed by atoms with Crippen molar-refractivity contribution in [3.63, 3.8) is 0 Å². The van der Waals surface area contributed by atoms with Gasteiger partial charge in [0, 0.05) is 10.6 Å². The molecule has 0 aliphatic heterocycles. The number of aryl methyl sites for hydroxylation is 2. The Morgan fingerprint density at radius 1 is 1.25 bits per heavy atom. The Bertz CT molecular complexity index is 740. The minimum Gasteiger partial charge on any atom is -0.496 e. The van der Waals surface area contributed by atoms with E-state index in [1.54, 1.807) is 25.3 Å². The molecule has 1 amide bonds. The lowest BCUT2D eigenvalue weighted by Gasteiger charge is -2.10. The van der Waals surface area contributed by atoms with Gasteiger partial charge in [-0.2, -0.15) is 5.10 Å². The molecule has 0 aliphatic carbocycles. The average molecular weight is 347 g/mol. The number of ether oxygens (including phenoxy) is 2. The normalized spacial score (nSPS) is 10.7. The van der Waals surface area contributed by atoms with E-state index in [0.717, 1.165) is 11.1 Å². The van der Waals surface area contributed by atoms with Gasteiger partial charge in [0.2, 0.25) is 0 Å². The molecule has 2 aromatic rings. The maximum absolute atomic E-state index is 11.8. The minimum atomic E-state index is -0.352. The number of nitrogens with one attached hydrogen (secondary N) is 1. The van der Waals surface area contributed by atoms with Gasteiger partial charge >= 0.3 is 0 Å². The maximum Gasteiger partial charge on any atom is 0.277 e. The second-order valence-electron chi connectivity index (χ2n) is 5.19. The zero-order chi connectivity index (χ0) is 17.5. The third kappa shape index (κ3) is 4.73. The summed E-state index contributed by atoms with van der Waals surface area (Å²) in [5.74, 6) is 0.979. The molecule has 0 aromatic heterocycles. The Kier molecular flexibility index (Phi) is 6.21. The Hall–Kier alpha value is -2.53. The van der Waals surface area contributed by atoms with Crippen LogP contribution in [0.3, 0.4) is 0 Å². The average Bonchev–Trinajstić information content (AvgIpc) is 2.54. The first-order valence-electron chi connectivity index (χ1n) is 7.35. The largest absolute Gasteiger partial charge is 0.496 e. The van der Waals surface area contributed by atoms with Crippen molar-refractivity contribution in [3.05, 3.63) is 58.1 Å². The molecule has 0 fully saturated rings. The summed E-state index contributed by atoms with van der Waals surface area (Å²) in [7, 11) is 1.55. The fourth-order valence-electron chi connectivity index (χ4n) is 2.18. The second kappa shape index (κ2) is 8.36. The van der Waals surface area contributed by atoms with Gasteiger partial charge < -0.3 is 9.47 Å². The number of halogens is 1. The summed E-state index contributed by atoms with van der Waals surface area (Å²) >= 11 is 5.94. The molecular formula is C18H19ClN2O3.